The Labute approximate surface area is 91.6 Å². The first-order valence-electron chi connectivity index (χ1n) is 5.00. The number of nitrogens with one attached hydrogen (secondary N) is 1. The van der Waals surface area contributed by atoms with Crippen LogP contribution in [0.1, 0.15) is 0 Å². The van der Waals surface area contributed by atoms with Crippen molar-refractivity contribution < 1.29 is 18.3 Å². The van der Waals surface area contributed by atoms with Gasteiger partial charge in [-0.15, -0.1) is 0 Å². The summed E-state index contributed by atoms with van der Waals surface area (Å²) < 4.78 is 36.3. The van der Waals surface area contributed by atoms with Gasteiger partial charge >= 0.3 is 0 Å². The zero-order valence-electron chi connectivity index (χ0n) is 8.58. The molecule has 88 valence electrons. The summed E-state index contributed by atoms with van der Waals surface area (Å²) in [5.74, 6) is -1.38. The molecule has 2 rings (SSSR count). The molecule has 1 unspecified atom stereocenters. The van der Waals surface area contributed by atoms with E-state index < -0.39 is 11.6 Å². The number of ether oxygens (including phenoxy) is 2. The SMILES string of the molecule is Fc1cnc(NCC2COCCO2)c(F)c1. The molecule has 1 atom stereocenters. The van der Waals surface area contributed by atoms with Crippen LogP contribution < -0.4 is 5.32 Å². The molecule has 1 aliphatic heterocycles. The number of hydrogen-bond acceptors (Lipinski definition) is 4. The fourth-order valence-electron chi connectivity index (χ4n) is 1.41. The Morgan fingerprint density at radius 3 is 3.00 bits per heavy atom. The maximum Gasteiger partial charge on any atom is 0.168 e. The Balaban J connectivity index is 1.88. The van der Waals surface area contributed by atoms with Gasteiger partial charge in [-0.3, -0.25) is 0 Å². The highest BCUT2D eigenvalue weighted by Crippen LogP contribution is 2.11. The minimum atomic E-state index is -0.711. The van der Waals surface area contributed by atoms with Crippen molar-refractivity contribution in [2.75, 3.05) is 31.7 Å². The first-order valence-corrected chi connectivity index (χ1v) is 5.00. The highest BCUT2D eigenvalue weighted by Gasteiger charge is 2.15. The summed E-state index contributed by atoms with van der Waals surface area (Å²) in [7, 11) is 0. The lowest BCUT2D eigenvalue weighted by Gasteiger charge is -2.23. The van der Waals surface area contributed by atoms with Gasteiger partial charge in [0.2, 0.25) is 0 Å². The first kappa shape index (κ1) is 11.2. The monoisotopic (exact) mass is 230 g/mol. The number of pyridine rings is 1. The molecule has 1 aromatic heterocycles. The average Bonchev–Trinajstić information content (AvgIpc) is 2.29. The van der Waals surface area contributed by atoms with Crippen molar-refractivity contribution in [2.45, 2.75) is 6.10 Å². The van der Waals surface area contributed by atoms with Gasteiger partial charge in [-0.1, -0.05) is 0 Å². The van der Waals surface area contributed by atoms with Crippen LogP contribution in [0.25, 0.3) is 0 Å². The summed E-state index contributed by atoms with van der Waals surface area (Å²) in [6.45, 7) is 1.97. The van der Waals surface area contributed by atoms with E-state index in [4.69, 9.17) is 9.47 Å². The van der Waals surface area contributed by atoms with E-state index in [2.05, 4.69) is 10.3 Å². The van der Waals surface area contributed by atoms with Crippen LogP contribution in [-0.4, -0.2) is 37.5 Å². The Morgan fingerprint density at radius 1 is 1.44 bits per heavy atom. The zero-order valence-corrected chi connectivity index (χ0v) is 8.58. The molecule has 1 N–H and O–H groups in total. The predicted molar refractivity (Wildman–Crippen MR) is 53.2 cm³/mol. The predicted octanol–water partition coefficient (Wildman–Crippen LogP) is 1.19. The van der Waals surface area contributed by atoms with Gasteiger partial charge in [0.1, 0.15) is 5.82 Å². The summed E-state index contributed by atoms with van der Waals surface area (Å²) >= 11 is 0. The molecule has 0 aliphatic carbocycles. The second-order valence-corrected chi connectivity index (χ2v) is 3.43. The molecule has 2 heterocycles. The number of aromatic nitrogens is 1. The van der Waals surface area contributed by atoms with E-state index in [1.807, 2.05) is 0 Å². The third-order valence-electron chi connectivity index (χ3n) is 2.19. The van der Waals surface area contributed by atoms with E-state index >= 15 is 0 Å². The fraction of sp³-hybridized carbons (Fsp3) is 0.500. The molecule has 16 heavy (non-hydrogen) atoms. The van der Waals surface area contributed by atoms with Gasteiger partial charge in [0.15, 0.2) is 11.6 Å². The lowest BCUT2D eigenvalue weighted by Crippen LogP contribution is -2.34. The summed E-state index contributed by atoms with van der Waals surface area (Å²) in [6, 6.07) is 0.785. The van der Waals surface area contributed by atoms with Gasteiger partial charge < -0.3 is 14.8 Å². The largest absolute Gasteiger partial charge is 0.376 e. The highest BCUT2D eigenvalue weighted by atomic mass is 19.1. The molecular weight excluding hydrogens is 218 g/mol. The van der Waals surface area contributed by atoms with Crippen molar-refractivity contribution >= 4 is 5.82 Å². The molecule has 1 saturated heterocycles. The van der Waals surface area contributed by atoms with E-state index in [1.165, 1.54) is 0 Å². The number of nitrogens with zero attached hydrogens (tertiary/aromatic N) is 1. The normalized spacial score (nSPS) is 20.8. The van der Waals surface area contributed by atoms with E-state index in [0.29, 0.717) is 26.4 Å². The van der Waals surface area contributed by atoms with Crippen LogP contribution in [0.2, 0.25) is 0 Å². The van der Waals surface area contributed by atoms with Crippen LogP contribution in [0.5, 0.6) is 0 Å². The Hall–Kier alpha value is -1.27. The van der Waals surface area contributed by atoms with Gasteiger partial charge in [0.25, 0.3) is 0 Å². The van der Waals surface area contributed by atoms with E-state index in [-0.39, 0.29) is 11.9 Å². The van der Waals surface area contributed by atoms with E-state index in [1.54, 1.807) is 0 Å². The van der Waals surface area contributed by atoms with Crippen LogP contribution in [-0.2, 0) is 9.47 Å². The molecule has 1 aromatic rings. The fourth-order valence-corrected chi connectivity index (χ4v) is 1.41. The van der Waals surface area contributed by atoms with Crippen LogP contribution in [0.4, 0.5) is 14.6 Å². The van der Waals surface area contributed by atoms with Crippen LogP contribution in [0.15, 0.2) is 12.3 Å². The number of hydrogen-bond donors (Lipinski definition) is 1. The summed E-state index contributed by atoms with van der Waals surface area (Å²) in [4.78, 5) is 3.60. The summed E-state index contributed by atoms with van der Waals surface area (Å²) in [5.41, 5.74) is 0. The molecular formula is C10H12F2N2O2. The van der Waals surface area contributed by atoms with Crippen LogP contribution >= 0.6 is 0 Å². The maximum absolute atomic E-state index is 13.2. The van der Waals surface area contributed by atoms with Gasteiger partial charge in [0, 0.05) is 12.6 Å². The third kappa shape index (κ3) is 2.86. The molecule has 0 bridgehead atoms. The molecule has 1 fully saturated rings. The molecule has 0 saturated carbocycles. The minimum absolute atomic E-state index is 0.0237. The standard InChI is InChI=1S/C10H12F2N2O2/c11-7-3-9(12)10(13-4-7)14-5-8-6-15-1-2-16-8/h3-4,8H,1-2,5-6H2,(H,13,14). The quantitative estimate of drug-likeness (QED) is 0.847. The second kappa shape index (κ2) is 5.18. The van der Waals surface area contributed by atoms with Gasteiger partial charge in [0.05, 0.1) is 32.1 Å². The Morgan fingerprint density at radius 2 is 2.31 bits per heavy atom. The second-order valence-electron chi connectivity index (χ2n) is 3.43. The number of rotatable bonds is 3. The van der Waals surface area contributed by atoms with Crippen LogP contribution in [0, 0.1) is 11.6 Å². The zero-order chi connectivity index (χ0) is 11.4. The lowest BCUT2D eigenvalue weighted by molar-refractivity contribution is -0.0819. The minimum Gasteiger partial charge on any atom is -0.376 e. The Bertz CT molecular complexity index is 357. The maximum atomic E-state index is 13.2. The highest BCUT2D eigenvalue weighted by molar-refractivity contribution is 5.35. The smallest absolute Gasteiger partial charge is 0.168 e. The molecule has 0 amide bonds. The average molecular weight is 230 g/mol. The molecule has 1 aliphatic rings. The van der Waals surface area contributed by atoms with Crippen molar-refractivity contribution in [1.29, 1.82) is 0 Å². The first-order chi connectivity index (χ1) is 7.75. The third-order valence-corrected chi connectivity index (χ3v) is 2.19. The molecule has 0 radical (unpaired) electrons. The Kier molecular flexibility index (Phi) is 3.63. The molecule has 6 heteroatoms. The summed E-state index contributed by atoms with van der Waals surface area (Å²) in [5, 5.41) is 2.75. The molecule has 0 aromatic carbocycles. The van der Waals surface area contributed by atoms with Gasteiger partial charge in [-0.25, -0.2) is 13.8 Å². The van der Waals surface area contributed by atoms with Crippen molar-refractivity contribution in [3.8, 4) is 0 Å². The van der Waals surface area contributed by atoms with E-state index in [9.17, 15) is 8.78 Å². The van der Waals surface area contributed by atoms with E-state index in [0.717, 1.165) is 12.3 Å². The summed E-state index contributed by atoms with van der Waals surface area (Å²) in [6.07, 6.45) is 0.837. The van der Waals surface area contributed by atoms with Crippen LogP contribution in [0.3, 0.4) is 0 Å². The topological polar surface area (TPSA) is 43.4 Å². The van der Waals surface area contributed by atoms with Gasteiger partial charge in [-0.05, 0) is 0 Å². The van der Waals surface area contributed by atoms with Crippen molar-refractivity contribution in [1.82, 2.24) is 4.98 Å². The number of anilines is 1. The van der Waals surface area contributed by atoms with Crippen molar-refractivity contribution in [3.05, 3.63) is 23.9 Å². The van der Waals surface area contributed by atoms with Gasteiger partial charge in [-0.2, -0.15) is 0 Å². The number of halogens is 2. The molecule has 0 spiro atoms. The van der Waals surface area contributed by atoms with Crippen molar-refractivity contribution in [2.24, 2.45) is 0 Å². The lowest BCUT2D eigenvalue weighted by atomic mass is 10.3. The molecule has 4 nitrogen and oxygen atoms in total. The van der Waals surface area contributed by atoms with Crippen molar-refractivity contribution in [3.63, 3.8) is 0 Å².